The number of benzene rings is 1. The van der Waals surface area contributed by atoms with E-state index < -0.39 is 0 Å². The van der Waals surface area contributed by atoms with Crippen LogP contribution in [0.15, 0.2) is 30.4 Å². The van der Waals surface area contributed by atoms with Crippen molar-refractivity contribution in [1.29, 1.82) is 0 Å². The average molecular weight is 325 g/mol. The van der Waals surface area contributed by atoms with Gasteiger partial charge in [0, 0.05) is 6.07 Å². The normalized spacial score (nSPS) is 38.2. The third kappa shape index (κ3) is 1.60. The largest absolute Gasteiger partial charge is 0.497 e. The number of methoxy groups -OCH3 is 2. The van der Waals surface area contributed by atoms with Gasteiger partial charge >= 0.3 is 0 Å². The van der Waals surface area contributed by atoms with Crippen LogP contribution in [0.25, 0.3) is 0 Å². The third-order valence-electron chi connectivity index (χ3n) is 6.29. The number of nitrogens with zero attached hydrogens (tertiary/aromatic N) is 1. The van der Waals surface area contributed by atoms with Gasteiger partial charge in [0.05, 0.1) is 31.7 Å². The number of hydrogen-bond acceptors (Lipinski definition) is 4. The molecule has 2 saturated carbocycles. The Morgan fingerprint density at radius 3 is 2.12 bits per heavy atom. The maximum atomic E-state index is 13.1. The molecule has 1 aromatic rings. The Hall–Kier alpha value is -2.30. The fourth-order valence-electron chi connectivity index (χ4n) is 5.17. The molecule has 2 amide bonds. The third-order valence-corrected chi connectivity index (χ3v) is 6.29. The molecule has 0 N–H and O–H groups in total. The summed E-state index contributed by atoms with van der Waals surface area (Å²) in [6.07, 6.45) is 5.52. The molecule has 124 valence electrons. The zero-order valence-corrected chi connectivity index (χ0v) is 13.6. The van der Waals surface area contributed by atoms with Gasteiger partial charge in [-0.3, -0.25) is 9.59 Å². The summed E-state index contributed by atoms with van der Waals surface area (Å²) in [6.45, 7) is 0. The van der Waals surface area contributed by atoms with Gasteiger partial charge in [0.25, 0.3) is 0 Å². The average Bonchev–Trinajstić information content (AvgIpc) is 3.39. The van der Waals surface area contributed by atoms with Crippen molar-refractivity contribution in [2.75, 3.05) is 19.1 Å². The number of amides is 2. The number of imide groups is 1. The Labute approximate surface area is 140 Å². The van der Waals surface area contributed by atoms with Crippen molar-refractivity contribution < 1.29 is 19.1 Å². The lowest BCUT2D eigenvalue weighted by Gasteiger charge is -2.37. The van der Waals surface area contributed by atoms with Gasteiger partial charge < -0.3 is 9.47 Å². The van der Waals surface area contributed by atoms with E-state index in [1.54, 1.807) is 32.4 Å². The molecule has 0 unspecified atom stereocenters. The fourth-order valence-corrected chi connectivity index (χ4v) is 5.17. The Kier molecular flexibility index (Phi) is 2.71. The second-order valence-corrected chi connectivity index (χ2v) is 7.20. The lowest BCUT2D eigenvalue weighted by molar-refractivity contribution is -0.124. The molecule has 24 heavy (non-hydrogen) atoms. The van der Waals surface area contributed by atoms with Crippen LogP contribution in [-0.2, 0) is 9.59 Å². The van der Waals surface area contributed by atoms with Crippen molar-refractivity contribution in [2.45, 2.75) is 6.42 Å². The van der Waals surface area contributed by atoms with Gasteiger partial charge in [-0.25, -0.2) is 4.90 Å². The molecular formula is C19H19NO4. The highest BCUT2D eigenvalue weighted by molar-refractivity contribution is 6.23. The number of anilines is 1. The van der Waals surface area contributed by atoms with E-state index in [0.29, 0.717) is 29.0 Å². The van der Waals surface area contributed by atoms with Crippen LogP contribution >= 0.6 is 0 Å². The quantitative estimate of drug-likeness (QED) is 0.632. The van der Waals surface area contributed by atoms with Crippen LogP contribution in [0.5, 0.6) is 11.5 Å². The van der Waals surface area contributed by atoms with E-state index >= 15 is 0 Å². The van der Waals surface area contributed by atoms with Gasteiger partial charge in [0.15, 0.2) is 0 Å². The molecular weight excluding hydrogens is 306 g/mol. The van der Waals surface area contributed by atoms with Crippen LogP contribution in [-0.4, -0.2) is 26.0 Å². The van der Waals surface area contributed by atoms with E-state index in [0.717, 1.165) is 0 Å². The zero-order valence-electron chi connectivity index (χ0n) is 13.6. The first-order valence-electron chi connectivity index (χ1n) is 8.44. The van der Waals surface area contributed by atoms with E-state index in [9.17, 15) is 9.59 Å². The van der Waals surface area contributed by atoms with E-state index in [1.807, 2.05) is 0 Å². The van der Waals surface area contributed by atoms with E-state index in [4.69, 9.17) is 9.47 Å². The van der Waals surface area contributed by atoms with Crippen LogP contribution < -0.4 is 14.4 Å². The number of carbonyl (C=O) groups excluding carboxylic acids is 2. The highest BCUT2D eigenvalue weighted by atomic mass is 16.5. The molecule has 1 aliphatic heterocycles. The predicted octanol–water partition coefficient (Wildman–Crippen LogP) is 2.26. The van der Waals surface area contributed by atoms with Crippen molar-refractivity contribution in [2.24, 2.45) is 35.5 Å². The molecule has 5 heteroatoms. The molecule has 3 fully saturated rings. The van der Waals surface area contributed by atoms with Crippen LogP contribution in [0.1, 0.15) is 6.42 Å². The summed E-state index contributed by atoms with van der Waals surface area (Å²) in [5.41, 5.74) is 0.495. The Morgan fingerprint density at radius 2 is 1.58 bits per heavy atom. The van der Waals surface area contributed by atoms with Gasteiger partial charge in [-0.2, -0.15) is 0 Å². The number of ether oxygens (including phenoxy) is 2. The molecule has 6 atom stereocenters. The molecule has 1 saturated heterocycles. The summed E-state index contributed by atoms with van der Waals surface area (Å²) in [6, 6.07) is 5.21. The lowest BCUT2D eigenvalue weighted by atomic mass is 9.63. The first kappa shape index (κ1) is 14.1. The molecule has 4 aliphatic carbocycles. The van der Waals surface area contributed by atoms with Crippen molar-refractivity contribution in [3.8, 4) is 11.5 Å². The van der Waals surface area contributed by atoms with Crippen molar-refractivity contribution >= 4 is 17.5 Å². The molecule has 0 radical (unpaired) electrons. The summed E-state index contributed by atoms with van der Waals surface area (Å²) in [4.78, 5) is 27.6. The number of carbonyl (C=O) groups is 2. The smallest absolute Gasteiger partial charge is 0.238 e. The maximum Gasteiger partial charge on any atom is 0.238 e. The van der Waals surface area contributed by atoms with Crippen molar-refractivity contribution in [3.05, 3.63) is 30.4 Å². The number of rotatable bonds is 3. The van der Waals surface area contributed by atoms with Crippen LogP contribution in [0, 0.1) is 35.5 Å². The summed E-state index contributed by atoms with van der Waals surface area (Å²) in [5.74, 6) is 2.20. The molecule has 1 heterocycles. The zero-order chi connectivity index (χ0) is 16.6. The summed E-state index contributed by atoms with van der Waals surface area (Å²) in [5, 5.41) is 0. The minimum absolute atomic E-state index is 0.0822. The van der Waals surface area contributed by atoms with Gasteiger partial charge in [-0.05, 0) is 42.2 Å². The second kappa shape index (κ2) is 4.62. The summed E-state index contributed by atoms with van der Waals surface area (Å²) < 4.78 is 10.7. The van der Waals surface area contributed by atoms with Gasteiger partial charge in [-0.1, -0.05) is 12.2 Å². The molecule has 6 rings (SSSR count). The van der Waals surface area contributed by atoms with E-state index in [1.165, 1.54) is 11.3 Å². The van der Waals surface area contributed by atoms with Gasteiger partial charge in [0.2, 0.25) is 11.8 Å². The number of allylic oxidation sites excluding steroid dienone is 2. The van der Waals surface area contributed by atoms with E-state index in [-0.39, 0.29) is 35.5 Å². The highest BCUT2D eigenvalue weighted by Crippen LogP contribution is 2.65. The Morgan fingerprint density at radius 1 is 0.958 bits per heavy atom. The molecule has 0 spiro atoms. The van der Waals surface area contributed by atoms with E-state index in [2.05, 4.69) is 12.2 Å². The standard InChI is InChI=1S/C19H19NO4/c1-23-9-3-6-15(24-2)14(7-9)20-18(21)16-10-4-5-11(13-8-12(10)13)17(16)19(20)22/h3-7,10-13,16-17H,8H2,1-2H3/t10-,11-,12-,13+,16-,17-/m1/s1. The monoisotopic (exact) mass is 325 g/mol. The van der Waals surface area contributed by atoms with Crippen LogP contribution in [0.4, 0.5) is 5.69 Å². The molecule has 0 aromatic heterocycles. The van der Waals surface area contributed by atoms with Crippen molar-refractivity contribution in [1.82, 2.24) is 0 Å². The molecule has 1 aromatic carbocycles. The van der Waals surface area contributed by atoms with Gasteiger partial charge in [0.1, 0.15) is 11.5 Å². The Bertz CT molecular complexity index is 750. The topological polar surface area (TPSA) is 55.8 Å². The molecule has 2 bridgehead atoms. The minimum atomic E-state index is -0.202. The molecule has 5 nitrogen and oxygen atoms in total. The first-order valence-corrected chi connectivity index (χ1v) is 8.44. The highest BCUT2D eigenvalue weighted by Gasteiger charge is 2.67. The summed E-state index contributed by atoms with van der Waals surface area (Å²) in [7, 11) is 3.11. The predicted molar refractivity (Wildman–Crippen MR) is 86.7 cm³/mol. The maximum absolute atomic E-state index is 13.1. The van der Waals surface area contributed by atoms with Gasteiger partial charge in [-0.15, -0.1) is 0 Å². The SMILES string of the molecule is COc1ccc(OC)c(N2C(=O)[C@@H]3[C@@H]4C=C[C@H]([C@@H]5C[C@H]45)[C@H]3C2=O)c1. The second-order valence-electron chi connectivity index (χ2n) is 7.20. The lowest BCUT2D eigenvalue weighted by Crippen LogP contribution is -2.40. The fraction of sp³-hybridized carbons (Fsp3) is 0.474. The summed E-state index contributed by atoms with van der Waals surface area (Å²) >= 11 is 0. The number of hydrogen-bond donors (Lipinski definition) is 0. The van der Waals surface area contributed by atoms with Crippen LogP contribution in [0.2, 0.25) is 0 Å². The first-order chi connectivity index (χ1) is 11.7. The minimum Gasteiger partial charge on any atom is -0.497 e. The Balaban J connectivity index is 1.60. The van der Waals surface area contributed by atoms with Crippen molar-refractivity contribution in [3.63, 3.8) is 0 Å². The molecule has 5 aliphatic rings. The van der Waals surface area contributed by atoms with Crippen LogP contribution in [0.3, 0.4) is 0 Å².